The second-order valence-corrected chi connectivity index (χ2v) is 8.53. The van der Waals surface area contributed by atoms with Crippen LogP contribution in [0.2, 0.25) is 0 Å². The Balaban J connectivity index is 2.04. The number of morpholine rings is 1. The van der Waals surface area contributed by atoms with Crippen molar-refractivity contribution in [2.75, 3.05) is 58.6 Å². The molecule has 0 amide bonds. The first-order chi connectivity index (χ1) is 17.6. The zero-order chi connectivity index (χ0) is 25.8. The summed E-state index contributed by atoms with van der Waals surface area (Å²) in [4.78, 5) is 16.6. The Morgan fingerprint density at radius 3 is 2.36 bits per heavy atom. The summed E-state index contributed by atoms with van der Waals surface area (Å²) >= 11 is 0. The zero-order valence-corrected chi connectivity index (χ0v) is 21.9. The SMILES string of the molecule is CCCCOc1cc(N2CCOCC2)c(OCCCC)cc1N=NC(C(=O)OC)=C1C=CC=CN1C. The maximum absolute atomic E-state index is 12.6. The number of carbonyl (C=O) groups is 1. The molecule has 0 spiro atoms. The number of esters is 1. The van der Waals surface area contributed by atoms with E-state index in [1.165, 1.54) is 7.11 Å². The van der Waals surface area contributed by atoms with Gasteiger partial charge in [0.15, 0.2) is 5.70 Å². The van der Waals surface area contributed by atoms with Gasteiger partial charge in [-0.2, -0.15) is 0 Å². The number of hydrogen-bond acceptors (Lipinski definition) is 9. The fraction of sp³-hybridized carbons (Fsp3) is 0.519. The van der Waals surface area contributed by atoms with Crippen molar-refractivity contribution in [3.05, 3.63) is 48.0 Å². The molecule has 1 aromatic rings. The van der Waals surface area contributed by atoms with Gasteiger partial charge in [0, 0.05) is 38.5 Å². The number of benzene rings is 1. The Hall–Kier alpha value is -3.33. The van der Waals surface area contributed by atoms with Crippen molar-refractivity contribution in [1.29, 1.82) is 0 Å². The minimum atomic E-state index is -0.571. The fourth-order valence-electron chi connectivity index (χ4n) is 3.72. The van der Waals surface area contributed by atoms with E-state index in [1.807, 2.05) is 37.5 Å². The highest BCUT2D eigenvalue weighted by atomic mass is 16.5. The van der Waals surface area contributed by atoms with Crippen LogP contribution in [0.25, 0.3) is 0 Å². The van der Waals surface area contributed by atoms with Crippen LogP contribution in [-0.4, -0.2) is 64.5 Å². The lowest BCUT2D eigenvalue weighted by Crippen LogP contribution is -2.36. The van der Waals surface area contributed by atoms with E-state index in [2.05, 4.69) is 29.0 Å². The summed E-state index contributed by atoms with van der Waals surface area (Å²) in [6, 6.07) is 3.82. The molecule has 0 N–H and O–H groups in total. The smallest absolute Gasteiger partial charge is 0.360 e. The molecule has 196 valence electrons. The second kappa shape index (κ2) is 14.3. The maximum atomic E-state index is 12.6. The van der Waals surface area contributed by atoms with Gasteiger partial charge in [-0.3, -0.25) is 0 Å². The van der Waals surface area contributed by atoms with Crippen LogP contribution in [0.4, 0.5) is 11.4 Å². The van der Waals surface area contributed by atoms with Crippen LogP contribution < -0.4 is 14.4 Å². The molecule has 2 aliphatic rings. The average Bonchev–Trinajstić information content (AvgIpc) is 2.91. The van der Waals surface area contributed by atoms with Crippen molar-refractivity contribution < 1.29 is 23.7 Å². The fourth-order valence-corrected chi connectivity index (χ4v) is 3.72. The van der Waals surface area contributed by atoms with E-state index >= 15 is 0 Å². The highest BCUT2D eigenvalue weighted by Crippen LogP contribution is 2.41. The molecule has 0 atom stereocenters. The predicted octanol–water partition coefficient (Wildman–Crippen LogP) is 5.36. The third kappa shape index (κ3) is 7.34. The first-order valence-corrected chi connectivity index (χ1v) is 12.7. The lowest BCUT2D eigenvalue weighted by molar-refractivity contribution is -0.136. The molecule has 0 radical (unpaired) electrons. The van der Waals surface area contributed by atoms with Gasteiger partial charge in [0.2, 0.25) is 0 Å². The minimum absolute atomic E-state index is 0.103. The number of likely N-dealkylation sites (N-methyl/N-ethyl adjacent to an activating group) is 1. The van der Waals surface area contributed by atoms with Gasteiger partial charge in [-0.25, -0.2) is 4.79 Å². The van der Waals surface area contributed by atoms with Gasteiger partial charge in [0.25, 0.3) is 0 Å². The monoisotopic (exact) mass is 498 g/mol. The third-order valence-corrected chi connectivity index (χ3v) is 5.84. The quantitative estimate of drug-likeness (QED) is 0.166. The molecule has 0 saturated carbocycles. The van der Waals surface area contributed by atoms with Gasteiger partial charge in [-0.15, -0.1) is 10.2 Å². The zero-order valence-electron chi connectivity index (χ0n) is 21.9. The van der Waals surface area contributed by atoms with Gasteiger partial charge in [-0.1, -0.05) is 32.8 Å². The maximum Gasteiger partial charge on any atom is 0.360 e. The van der Waals surface area contributed by atoms with Gasteiger partial charge in [0.05, 0.1) is 44.9 Å². The minimum Gasteiger partial charge on any atom is -0.491 e. The average molecular weight is 499 g/mol. The number of allylic oxidation sites excluding steroid dienone is 3. The summed E-state index contributed by atoms with van der Waals surface area (Å²) in [7, 11) is 3.17. The lowest BCUT2D eigenvalue weighted by Gasteiger charge is -2.31. The van der Waals surface area contributed by atoms with Crippen LogP contribution in [0.5, 0.6) is 11.5 Å². The third-order valence-electron chi connectivity index (χ3n) is 5.84. The van der Waals surface area contributed by atoms with Crippen LogP contribution in [0.15, 0.2) is 58.2 Å². The standard InChI is InChI=1S/C27H38N4O5/c1-5-7-15-35-24-20-23(31-13-17-34-18-14-31)25(36-16-8-6-2)19-21(24)28-29-26(27(32)33-4)22-11-9-10-12-30(22)3/h9-12,19-20H,5-8,13-18H2,1-4H3. The molecule has 1 saturated heterocycles. The number of methoxy groups -OCH3 is 1. The molecule has 0 aliphatic carbocycles. The Morgan fingerprint density at radius 2 is 1.72 bits per heavy atom. The summed E-state index contributed by atoms with van der Waals surface area (Å²) in [5.41, 5.74) is 2.14. The summed E-state index contributed by atoms with van der Waals surface area (Å²) in [5, 5.41) is 8.81. The summed E-state index contributed by atoms with van der Waals surface area (Å²) < 4.78 is 22.9. The molecule has 3 rings (SSSR count). The van der Waals surface area contributed by atoms with E-state index in [4.69, 9.17) is 18.9 Å². The van der Waals surface area contributed by atoms with E-state index in [-0.39, 0.29) is 5.70 Å². The van der Waals surface area contributed by atoms with Crippen molar-refractivity contribution in [3.8, 4) is 11.5 Å². The number of nitrogens with zero attached hydrogens (tertiary/aromatic N) is 4. The van der Waals surface area contributed by atoms with Gasteiger partial charge < -0.3 is 28.7 Å². The summed E-state index contributed by atoms with van der Waals surface area (Å²) in [5.74, 6) is 0.739. The van der Waals surface area contributed by atoms with Gasteiger partial charge in [0.1, 0.15) is 17.2 Å². The Bertz CT molecular complexity index is 996. The van der Waals surface area contributed by atoms with Crippen molar-refractivity contribution in [1.82, 2.24) is 4.90 Å². The molecule has 9 heteroatoms. The molecule has 0 unspecified atom stereocenters. The van der Waals surface area contributed by atoms with Crippen molar-refractivity contribution in [3.63, 3.8) is 0 Å². The number of azo groups is 1. The number of hydrogen-bond donors (Lipinski definition) is 0. The largest absolute Gasteiger partial charge is 0.491 e. The van der Waals surface area contributed by atoms with E-state index in [0.717, 1.165) is 44.5 Å². The number of anilines is 1. The number of rotatable bonds is 12. The normalized spacial score (nSPS) is 17.0. The predicted molar refractivity (Wildman–Crippen MR) is 140 cm³/mol. The van der Waals surface area contributed by atoms with Crippen molar-refractivity contribution >= 4 is 17.3 Å². The number of carbonyl (C=O) groups excluding carboxylic acids is 1. The molecular formula is C27H38N4O5. The van der Waals surface area contributed by atoms with Crippen LogP contribution in [-0.2, 0) is 14.3 Å². The highest BCUT2D eigenvalue weighted by Gasteiger charge is 2.22. The molecule has 1 fully saturated rings. The summed E-state index contributed by atoms with van der Waals surface area (Å²) in [6.07, 6.45) is 11.2. The Morgan fingerprint density at radius 1 is 1.03 bits per heavy atom. The van der Waals surface area contributed by atoms with E-state index < -0.39 is 5.97 Å². The topological polar surface area (TPSA) is 85.2 Å². The lowest BCUT2D eigenvalue weighted by atomic mass is 10.2. The molecule has 1 aromatic carbocycles. The number of unbranched alkanes of at least 4 members (excludes halogenated alkanes) is 2. The first kappa shape index (κ1) is 27.3. The Kier molecular flexibility index (Phi) is 10.8. The molecule has 0 bridgehead atoms. The molecule has 0 aromatic heterocycles. The van der Waals surface area contributed by atoms with Gasteiger partial charge in [-0.05, 0) is 25.0 Å². The molecule has 2 aliphatic heterocycles. The van der Waals surface area contributed by atoms with E-state index in [0.29, 0.717) is 49.3 Å². The molecular weight excluding hydrogens is 460 g/mol. The van der Waals surface area contributed by atoms with Crippen molar-refractivity contribution in [2.24, 2.45) is 10.2 Å². The van der Waals surface area contributed by atoms with Gasteiger partial charge >= 0.3 is 5.97 Å². The van der Waals surface area contributed by atoms with E-state index in [9.17, 15) is 4.79 Å². The highest BCUT2D eigenvalue weighted by molar-refractivity contribution is 5.89. The van der Waals surface area contributed by atoms with Crippen LogP contribution >= 0.6 is 0 Å². The molecule has 36 heavy (non-hydrogen) atoms. The number of ether oxygens (including phenoxy) is 4. The van der Waals surface area contributed by atoms with Crippen LogP contribution in [0, 0.1) is 0 Å². The van der Waals surface area contributed by atoms with Crippen molar-refractivity contribution in [2.45, 2.75) is 39.5 Å². The first-order valence-electron chi connectivity index (χ1n) is 12.7. The van der Waals surface area contributed by atoms with Crippen LogP contribution in [0.1, 0.15) is 39.5 Å². The van der Waals surface area contributed by atoms with Crippen LogP contribution in [0.3, 0.4) is 0 Å². The molecule has 2 heterocycles. The molecule has 9 nitrogen and oxygen atoms in total. The van der Waals surface area contributed by atoms with E-state index in [1.54, 1.807) is 11.0 Å². The summed E-state index contributed by atoms with van der Waals surface area (Å²) in [6.45, 7) is 8.25. The Labute approximate surface area is 214 Å². The second-order valence-electron chi connectivity index (χ2n) is 8.53.